The predicted octanol–water partition coefficient (Wildman–Crippen LogP) is 3.03. The molecule has 3 amide bonds. The normalized spacial score (nSPS) is 9.96. The number of nitrogens with one attached hydrogen (secondary N) is 3. The van der Waals surface area contributed by atoms with Gasteiger partial charge in [-0.2, -0.15) is 0 Å². The Morgan fingerprint density at radius 3 is 1.88 bits per heavy atom. The Morgan fingerprint density at radius 2 is 1.33 bits per heavy atom. The summed E-state index contributed by atoms with van der Waals surface area (Å²) in [7, 11) is 0. The van der Waals surface area contributed by atoms with Gasteiger partial charge in [-0.25, -0.2) is 0 Å². The second-order valence-electron chi connectivity index (χ2n) is 4.80. The van der Waals surface area contributed by atoms with E-state index >= 15 is 0 Å². The van der Waals surface area contributed by atoms with E-state index in [9.17, 15) is 14.4 Å². The van der Waals surface area contributed by atoms with Crippen LogP contribution in [-0.2, 0) is 4.79 Å². The highest BCUT2D eigenvalue weighted by atomic mass is 35.5. The number of carbonyl (C=O) groups is 3. The van der Waals surface area contributed by atoms with Crippen LogP contribution in [0.2, 0.25) is 10.0 Å². The number of rotatable bonds is 3. The Bertz CT molecular complexity index is 792. The average molecular weight is 366 g/mol. The molecule has 0 saturated heterocycles. The average Bonchev–Trinajstić information content (AvgIpc) is 2.55. The zero-order valence-corrected chi connectivity index (χ0v) is 14.0. The third kappa shape index (κ3) is 4.71. The van der Waals surface area contributed by atoms with Crippen molar-refractivity contribution in [1.82, 2.24) is 10.9 Å². The predicted molar refractivity (Wildman–Crippen MR) is 92.1 cm³/mol. The van der Waals surface area contributed by atoms with Crippen LogP contribution in [0.4, 0.5) is 5.69 Å². The van der Waals surface area contributed by atoms with Crippen LogP contribution in [-0.4, -0.2) is 17.7 Å². The van der Waals surface area contributed by atoms with Gasteiger partial charge in [-0.1, -0.05) is 23.2 Å². The molecule has 24 heavy (non-hydrogen) atoms. The van der Waals surface area contributed by atoms with E-state index < -0.39 is 11.8 Å². The maximum atomic E-state index is 12.0. The van der Waals surface area contributed by atoms with Crippen LogP contribution in [0.3, 0.4) is 0 Å². The SMILES string of the molecule is CC(=O)Nc1ccc(C(=O)NNC(=O)c2ccc(Cl)c(Cl)c2)cc1. The quantitative estimate of drug-likeness (QED) is 0.730. The van der Waals surface area contributed by atoms with E-state index in [1.54, 1.807) is 12.1 Å². The number of hydrogen-bond acceptors (Lipinski definition) is 3. The Morgan fingerprint density at radius 1 is 0.792 bits per heavy atom. The van der Waals surface area contributed by atoms with Gasteiger partial charge < -0.3 is 5.32 Å². The lowest BCUT2D eigenvalue weighted by atomic mass is 10.2. The molecular formula is C16H13Cl2N3O3. The van der Waals surface area contributed by atoms with Crippen LogP contribution >= 0.6 is 23.2 Å². The van der Waals surface area contributed by atoms with Gasteiger partial charge >= 0.3 is 0 Å². The molecule has 2 aromatic rings. The minimum Gasteiger partial charge on any atom is -0.326 e. The molecule has 0 aliphatic carbocycles. The molecule has 6 nitrogen and oxygen atoms in total. The molecule has 0 aliphatic rings. The molecule has 0 bridgehead atoms. The van der Waals surface area contributed by atoms with Gasteiger partial charge in [0.1, 0.15) is 0 Å². The molecule has 0 atom stereocenters. The van der Waals surface area contributed by atoms with Gasteiger partial charge in [0, 0.05) is 23.7 Å². The van der Waals surface area contributed by atoms with Crippen molar-refractivity contribution in [2.24, 2.45) is 0 Å². The molecule has 0 fully saturated rings. The van der Waals surface area contributed by atoms with E-state index in [0.29, 0.717) is 16.3 Å². The molecule has 124 valence electrons. The van der Waals surface area contributed by atoms with Gasteiger partial charge in [-0.15, -0.1) is 0 Å². The van der Waals surface area contributed by atoms with Gasteiger partial charge in [0.05, 0.1) is 10.0 Å². The van der Waals surface area contributed by atoms with Gasteiger partial charge in [-0.3, -0.25) is 25.2 Å². The topological polar surface area (TPSA) is 87.3 Å². The molecule has 2 aromatic carbocycles. The maximum absolute atomic E-state index is 12.0. The summed E-state index contributed by atoms with van der Waals surface area (Å²) in [6.45, 7) is 1.39. The number of amides is 3. The summed E-state index contributed by atoms with van der Waals surface area (Å²) in [5, 5.41) is 3.16. The number of carbonyl (C=O) groups excluding carboxylic acids is 3. The van der Waals surface area contributed by atoms with Crippen molar-refractivity contribution in [3.8, 4) is 0 Å². The first kappa shape index (κ1) is 17.8. The number of hydrazine groups is 1. The first-order valence-electron chi connectivity index (χ1n) is 6.80. The van der Waals surface area contributed by atoms with E-state index in [1.165, 1.54) is 37.3 Å². The van der Waals surface area contributed by atoms with E-state index in [1.807, 2.05) is 0 Å². The molecular weight excluding hydrogens is 353 g/mol. The van der Waals surface area contributed by atoms with E-state index in [2.05, 4.69) is 16.2 Å². The lowest BCUT2D eigenvalue weighted by Crippen LogP contribution is -2.41. The Labute approximate surface area is 148 Å². The summed E-state index contributed by atoms with van der Waals surface area (Å²) in [4.78, 5) is 34.9. The van der Waals surface area contributed by atoms with Crippen LogP contribution in [0.15, 0.2) is 42.5 Å². The Balaban J connectivity index is 1.95. The van der Waals surface area contributed by atoms with Crippen LogP contribution in [0.1, 0.15) is 27.6 Å². The molecule has 0 heterocycles. The summed E-state index contributed by atoms with van der Waals surface area (Å²) in [6, 6.07) is 10.6. The maximum Gasteiger partial charge on any atom is 0.269 e. The molecule has 0 aliphatic heterocycles. The summed E-state index contributed by atoms with van der Waals surface area (Å²) < 4.78 is 0. The highest BCUT2D eigenvalue weighted by molar-refractivity contribution is 6.42. The monoisotopic (exact) mass is 365 g/mol. The summed E-state index contributed by atoms with van der Waals surface area (Å²) >= 11 is 11.6. The Kier molecular flexibility index (Phi) is 5.78. The minimum atomic E-state index is -0.531. The molecule has 3 N–H and O–H groups in total. The molecule has 0 saturated carbocycles. The fourth-order valence-electron chi connectivity index (χ4n) is 1.80. The fraction of sp³-hybridized carbons (Fsp3) is 0.0625. The van der Waals surface area contributed by atoms with Gasteiger partial charge in [0.15, 0.2) is 0 Å². The zero-order valence-electron chi connectivity index (χ0n) is 12.5. The number of benzene rings is 2. The molecule has 0 spiro atoms. The lowest BCUT2D eigenvalue weighted by Gasteiger charge is -2.09. The molecule has 8 heteroatoms. The van der Waals surface area contributed by atoms with Crippen molar-refractivity contribution < 1.29 is 14.4 Å². The standard InChI is InChI=1S/C16H13Cl2N3O3/c1-9(22)19-12-5-2-10(3-6-12)15(23)20-21-16(24)11-4-7-13(17)14(18)8-11/h2-8H,1H3,(H,19,22)(H,20,23)(H,21,24). The van der Waals surface area contributed by atoms with Crippen LogP contribution in [0.25, 0.3) is 0 Å². The zero-order chi connectivity index (χ0) is 17.7. The second kappa shape index (κ2) is 7.81. The minimum absolute atomic E-state index is 0.207. The highest BCUT2D eigenvalue weighted by Crippen LogP contribution is 2.22. The van der Waals surface area contributed by atoms with Crippen LogP contribution < -0.4 is 16.2 Å². The van der Waals surface area contributed by atoms with E-state index in [4.69, 9.17) is 23.2 Å². The first-order valence-corrected chi connectivity index (χ1v) is 7.56. The van der Waals surface area contributed by atoms with Gasteiger partial charge in [0.2, 0.25) is 5.91 Å². The molecule has 0 aromatic heterocycles. The van der Waals surface area contributed by atoms with E-state index in [0.717, 1.165) is 0 Å². The largest absolute Gasteiger partial charge is 0.326 e. The third-order valence-corrected chi connectivity index (χ3v) is 3.68. The van der Waals surface area contributed by atoms with Crippen molar-refractivity contribution in [1.29, 1.82) is 0 Å². The number of hydrogen-bond donors (Lipinski definition) is 3. The third-order valence-electron chi connectivity index (χ3n) is 2.94. The molecule has 0 unspecified atom stereocenters. The smallest absolute Gasteiger partial charge is 0.269 e. The van der Waals surface area contributed by atoms with Crippen LogP contribution in [0, 0.1) is 0 Å². The van der Waals surface area contributed by atoms with Crippen LogP contribution in [0.5, 0.6) is 0 Å². The fourth-order valence-corrected chi connectivity index (χ4v) is 2.10. The summed E-state index contributed by atoms with van der Waals surface area (Å²) in [5.74, 6) is -1.24. The molecule has 0 radical (unpaired) electrons. The number of halogens is 2. The van der Waals surface area contributed by atoms with Gasteiger partial charge in [0.25, 0.3) is 11.8 Å². The van der Waals surface area contributed by atoms with Crippen molar-refractivity contribution in [2.45, 2.75) is 6.92 Å². The Hall–Kier alpha value is -2.57. The van der Waals surface area contributed by atoms with Crippen molar-refractivity contribution in [2.75, 3.05) is 5.32 Å². The van der Waals surface area contributed by atoms with E-state index in [-0.39, 0.29) is 16.5 Å². The summed E-state index contributed by atoms with van der Waals surface area (Å²) in [6.07, 6.45) is 0. The van der Waals surface area contributed by atoms with Crippen molar-refractivity contribution in [3.63, 3.8) is 0 Å². The van der Waals surface area contributed by atoms with Gasteiger partial charge in [-0.05, 0) is 42.5 Å². The lowest BCUT2D eigenvalue weighted by molar-refractivity contribution is -0.114. The number of anilines is 1. The highest BCUT2D eigenvalue weighted by Gasteiger charge is 2.10. The first-order chi connectivity index (χ1) is 11.4. The van der Waals surface area contributed by atoms with Crippen molar-refractivity contribution >= 4 is 46.6 Å². The van der Waals surface area contributed by atoms with Crippen molar-refractivity contribution in [3.05, 3.63) is 63.6 Å². The second-order valence-corrected chi connectivity index (χ2v) is 5.61. The molecule has 2 rings (SSSR count). The summed E-state index contributed by atoms with van der Waals surface area (Å²) in [5.41, 5.74) is 5.71.